The molecule has 0 radical (unpaired) electrons. The lowest BCUT2D eigenvalue weighted by Gasteiger charge is -2.17. The van der Waals surface area contributed by atoms with Gasteiger partial charge in [-0.05, 0) is 63.3 Å². The Morgan fingerprint density at radius 1 is 1.22 bits per heavy atom. The number of hydrogen-bond acceptors (Lipinski definition) is 10. The Morgan fingerprint density at radius 2 is 1.91 bits per heavy atom. The van der Waals surface area contributed by atoms with Crippen LogP contribution in [0.2, 0.25) is 5.02 Å². The maximum absolute atomic E-state index is 13.1. The van der Waals surface area contributed by atoms with Crippen molar-refractivity contribution in [1.82, 2.24) is 15.0 Å². The number of nitrogens with one attached hydrogen (secondary N) is 3. The predicted molar refractivity (Wildman–Crippen MR) is 216 cm³/mol. The third kappa shape index (κ3) is 14.9. The normalized spacial score (nSPS) is 12.1. The van der Waals surface area contributed by atoms with Gasteiger partial charge in [0.15, 0.2) is 0 Å². The summed E-state index contributed by atoms with van der Waals surface area (Å²) in [6.45, 7) is 19.7. The molecule has 12 nitrogen and oxygen atoms in total. The van der Waals surface area contributed by atoms with Crippen molar-refractivity contribution in [3.63, 3.8) is 0 Å². The molecule has 1 aliphatic heterocycles. The summed E-state index contributed by atoms with van der Waals surface area (Å²) in [5.41, 5.74) is 7.30. The van der Waals surface area contributed by atoms with Crippen LogP contribution in [0, 0.1) is 6.92 Å². The van der Waals surface area contributed by atoms with E-state index in [1.165, 1.54) is 27.7 Å². The summed E-state index contributed by atoms with van der Waals surface area (Å²) in [5, 5.41) is 15.2. The average Bonchev–Trinajstić information content (AvgIpc) is 3.58. The van der Waals surface area contributed by atoms with Crippen molar-refractivity contribution in [2.75, 3.05) is 43.5 Å². The lowest BCUT2D eigenvalue weighted by molar-refractivity contribution is -0.137. The third-order valence-corrected chi connectivity index (χ3v) is 8.69. The maximum Gasteiger partial charge on any atom is 0.416 e. The fourth-order valence-electron chi connectivity index (χ4n) is 4.62. The molecule has 17 heteroatoms. The number of halogens is 4. The second-order valence-electron chi connectivity index (χ2n) is 10.9. The van der Waals surface area contributed by atoms with Crippen LogP contribution in [0.5, 0.6) is 0 Å². The van der Waals surface area contributed by atoms with Crippen LogP contribution in [0.4, 0.5) is 30.5 Å². The van der Waals surface area contributed by atoms with Crippen molar-refractivity contribution < 1.29 is 27.5 Å². The Bertz CT molecular complexity index is 1790. The summed E-state index contributed by atoms with van der Waals surface area (Å²) in [7, 11) is 0. The van der Waals surface area contributed by atoms with Gasteiger partial charge in [-0.25, -0.2) is 4.98 Å². The Morgan fingerprint density at radius 3 is 2.46 bits per heavy atom. The largest absolute Gasteiger partial charge is 0.416 e. The number of aliphatic imine (C=N–C) groups is 1. The molecule has 5 N–H and O–H groups in total. The second kappa shape index (κ2) is 25.3. The number of primary amides is 1. The quantitative estimate of drug-likeness (QED) is 0.0558. The lowest BCUT2D eigenvalue weighted by Crippen LogP contribution is -2.28. The average molecular weight is 795 g/mol. The van der Waals surface area contributed by atoms with Crippen LogP contribution in [0.1, 0.15) is 79.0 Å². The van der Waals surface area contributed by atoms with Gasteiger partial charge < -0.3 is 26.4 Å². The van der Waals surface area contributed by atoms with E-state index in [0.29, 0.717) is 73.4 Å². The molecule has 3 heterocycles. The summed E-state index contributed by atoms with van der Waals surface area (Å²) >= 11 is 6.96. The number of anilines is 2. The van der Waals surface area contributed by atoms with E-state index in [1.807, 2.05) is 33.8 Å². The van der Waals surface area contributed by atoms with Crippen LogP contribution in [-0.4, -0.2) is 67.8 Å². The Kier molecular flexibility index (Phi) is 22.1. The number of rotatable bonds is 14. The highest BCUT2D eigenvalue weighted by Gasteiger charge is 2.30. The predicted octanol–water partition coefficient (Wildman–Crippen LogP) is 7.87. The van der Waals surface area contributed by atoms with Gasteiger partial charge in [-0.2, -0.15) is 22.9 Å². The highest BCUT2D eigenvalue weighted by atomic mass is 35.5. The summed E-state index contributed by atoms with van der Waals surface area (Å²) in [4.78, 5) is 44.1. The molecule has 0 saturated heterocycles. The molecule has 0 fully saturated rings. The molecule has 2 aromatic heterocycles. The number of unbranched alkanes of at least 4 members (excludes halogenated alkanes) is 1. The standard InChI is InChI=1S/C26H35N7O3S.C8H6ClF3.C2H6.CH3NO/c1-5-20-23(25(35)33(27-4)26(32-20)31-16-18-10-14-36-15-11-18)29-12-8-9-13-30-24(34)19-17-37-21(6-2)22(19)28-7-3;1-5-2-3-6(4-7(5)9)8(10,11)12;1-2;2-1-3/h6-7,10,17,29H,2,4-5,8-9,11-16H2,1,3H3,(H,30,34)(H,31,32);2-4H,1H3;1-2H3;1H,(H2,2,3). The van der Waals surface area contributed by atoms with E-state index in [1.54, 1.807) is 24.6 Å². The third-order valence-electron chi connectivity index (χ3n) is 7.31. The molecule has 1 aliphatic rings. The van der Waals surface area contributed by atoms with Gasteiger partial charge in [0.05, 0.1) is 40.6 Å². The first-order valence-electron chi connectivity index (χ1n) is 17.2. The van der Waals surface area contributed by atoms with Crippen LogP contribution in [0.25, 0.3) is 6.08 Å². The van der Waals surface area contributed by atoms with Crippen LogP contribution >= 0.6 is 22.9 Å². The number of nitrogens with two attached hydrogens (primary N) is 1. The van der Waals surface area contributed by atoms with Crippen molar-refractivity contribution in [2.24, 2.45) is 15.8 Å². The topological polar surface area (TPSA) is 165 Å². The molecule has 1 aromatic carbocycles. The number of nitrogens with zero attached hydrogens (tertiary/aromatic N) is 4. The molecule has 3 aromatic rings. The molecule has 54 heavy (non-hydrogen) atoms. The van der Waals surface area contributed by atoms with E-state index >= 15 is 0 Å². The Hall–Kier alpha value is -4.80. The molecular formula is C37H50ClF3N8O4S. The SMILES string of the molecule is C=Cc1scc(C(=O)NCCCCNc2c(CC)nc(NCC3=CCOCC3)n(N=C)c2=O)c1N=CC.CC.Cc1ccc(C(F)(F)F)cc1Cl.NC=O. The number of aromatic nitrogens is 2. The van der Waals surface area contributed by atoms with E-state index in [0.717, 1.165) is 36.3 Å². The van der Waals surface area contributed by atoms with Crippen LogP contribution < -0.4 is 27.2 Å². The summed E-state index contributed by atoms with van der Waals surface area (Å²) < 4.78 is 42.7. The fraction of sp³-hybridized carbons (Fsp3) is 0.405. The summed E-state index contributed by atoms with van der Waals surface area (Å²) in [5.74, 6) is 0.215. The van der Waals surface area contributed by atoms with Crippen molar-refractivity contribution in [2.45, 2.75) is 66.5 Å². The minimum absolute atomic E-state index is 0.143. The molecular weight excluding hydrogens is 745 g/mol. The molecule has 296 valence electrons. The molecule has 0 saturated carbocycles. The summed E-state index contributed by atoms with van der Waals surface area (Å²) in [6.07, 6.45) is 4.28. The van der Waals surface area contributed by atoms with Gasteiger partial charge in [-0.3, -0.25) is 19.4 Å². The first-order chi connectivity index (χ1) is 25.9. The molecule has 0 atom stereocenters. The number of benzene rings is 1. The smallest absolute Gasteiger partial charge is 0.379 e. The number of carbonyl (C=O) groups is 2. The van der Waals surface area contributed by atoms with Gasteiger partial charge in [0.1, 0.15) is 5.69 Å². The molecule has 0 bridgehead atoms. The van der Waals surface area contributed by atoms with Crippen LogP contribution in [0.15, 0.2) is 56.7 Å². The molecule has 2 amide bonds. The van der Waals surface area contributed by atoms with Gasteiger partial charge in [0, 0.05) is 43.0 Å². The van der Waals surface area contributed by atoms with E-state index in [9.17, 15) is 22.8 Å². The van der Waals surface area contributed by atoms with Gasteiger partial charge in [0.25, 0.3) is 11.5 Å². The minimum atomic E-state index is -4.31. The highest BCUT2D eigenvalue weighted by molar-refractivity contribution is 7.11. The van der Waals surface area contributed by atoms with Gasteiger partial charge in [-0.15, -0.1) is 11.3 Å². The van der Waals surface area contributed by atoms with E-state index in [4.69, 9.17) is 21.1 Å². The number of aryl methyl sites for hydroxylation is 2. The monoisotopic (exact) mass is 794 g/mol. The van der Waals surface area contributed by atoms with Gasteiger partial charge >= 0.3 is 6.18 Å². The number of ether oxygens (including phenoxy) is 1. The van der Waals surface area contributed by atoms with Gasteiger partial charge in [-0.1, -0.05) is 56.7 Å². The fourth-order valence-corrected chi connectivity index (χ4v) is 5.63. The number of alkyl halides is 3. The molecule has 4 rings (SSSR count). The lowest BCUT2D eigenvalue weighted by atomic mass is 10.1. The van der Waals surface area contributed by atoms with E-state index in [-0.39, 0.29) is 22.9 Å². The van der Waals surface area contributed by atoms with Crippen molar-refractivity contribution >= 4 is 71.6 Å². The summed E-state index contributed by atoms with van der Waals surface area (Å²) in [6, 6.07) is 3.29. The van der Waals surface area contributed by atoms with Crippen LogP contribution in [0.3, 0.4) is 0 Å². The van der Waals surface area contributed by atoms with Crippen molar-refractivity contribution in [3.8, 4) is 0 Å². The molecule has 0 aliphatic carbocycles. The second-order valence-corrected chi connectivity index (χ2v) is 12.2. The van der Waals surface area contributed by atoms with E-state index in [2.05, 4.69) is 50.1 Å². The van der Waals surface area contributed by atoms with Crippen molar-refractivity contribution in [3.05, 3.63) is 84.4 Å². The zero-order valence-electron chi connectivity index (χ0n) is 31.3. The molecule has 0 spiro atoms. The van der Waals surface area contributed by atoms with Crippen LogP contribution in [-0.2, 0) is 22.1 Å². The number of amides is 2. The Labute approximate surface area is 323 Å². The molecule has 0 unspecified atom stereocenters. The zero-order valence-corrected chi connectivity index (χ0v) is 32.9. The van der Waals surface area contributed by atoms with Gasteiger partial charge in [0.2, 0.25) is 12.4 Å². The number of carbonyl (C=O) groups excluding carboxylic acids is 2. The first kappa shape index (κ1) is 47.2. The first-order valence-corrected chi connectivity index (χ1v) is 18.5. The Balaban J connectivity index is 0.000000712. The van der Waals surface area contributed by atoms with Crippen molar-refractivity contribution in [1.29, 1.82) is 0 Å². The number of hydrogen-bond donors (Lipinski definition) is 4. The highest BCUT2D eigenvalue weighted by Crippen LogP contribution is 2.32. The zero-order chi connectivity index (χ0) is 40.7. The maximum atomic E-state index is 13.1. The number of thiophene rings is 1. The minimum Gasteiger partial charge on any atom is -0.379 e. The van der Waals surface area contributed by atoms with E-state index < -0.39 is 11.7 Å².